The van der Waals surface area contributed by atoms with Gasteiger partial charge in [0.1, 0.15) is 0 Å². The number of aliphatic carboxylic acids is 2. The highest BCUT2D eigenvalue weighted by atomic mass is 16.4. The van der Waals surface area contributed by atoms with Crippen molar-refractivity contribution < 1.29 is 19.8 Å². The minimum atomic E-state index is -1.82. The Morgan fingerprint density at radius 2 is 1.86 bits per heavy atom. The lowest BCUT2D eigenvalue weighted by atomic mass is 9.99. The van der Waals surface area contributed by atoms with E-state index in [4.69, 9.17) is 25.5 Å². The second-order valence-electron chi connectivity index (χ2n) is 4.49. The Kier molecular flexibility index (Phi) is 5.92. The lowest BCUT2D eigenvalue weighted by Crippen LogP contribution is -2.09. The molecule has 0 spiro atoms. The van der Waals surface area contributed by atoms with Gasteiger partial charge in [-0.25, -0.2) is 9.59 Å². The second-order valence-corrected chi connectivity index (χ2v) is 4.49. The second kappa shape index (κ2) is 7.44. The van der Waals surface area contributed by atoms with Gasteiger partial charge < -0.3 is 15.9 Å². The first-order chi connectivity index (χ1) is 9.92. The average molecular weight is 291 g/mol. The fourth-order valence-corrected chi connectivity index (χ4v) is 2.14. The number of allylic oxidation sites excluding steroid dienone is 1. The van der Waals surface area contributed by atoms with E-state index in [9.17, 15) is 0 Å². The number of hydrogen-bond donors (Lipinski definition) is 3. The van der Waals surface area contributed by atoms with Crippen molar-refractivity contribution in [3.05, 3.63) is 35.0 Å². The van der Waals surface area contributed by atoms with E-state index >= 15 is 0 Å². The van der Waals surface area contributed by atoms with E-state index in [1.54, 1.807) is 0 Å². The van der Waals surface area contributed by atoms with Gasteiger partial charge in [0.25, 0.3) is 0 Å². The van der Waals surface area contributed by atoms with E-state index < -0.39 is 11.9 Å². The molecule has 0 fully saturated rings. The number of hydrogen-bond acceptors (Lipinski definition) is 3. The molecular weight excluding hydrogens is 272 g/mol. The number of carboxylic acids is 2. The topological polar surface area (TPSA) is 115 Å². The normalized spacial score (nSPS) is 12.1. The number of benzene rings is 1. The molecule has 0 bridgehead atoms. The van der Waals surface area contributed by atoms with Gasteiger partial charge in [-0.05, 0) is 37.4 Å². The van der Waals surface area contributed by atoms with E-state index in [2.05, 4.69) is 37.4 Å². The first-order valence-corrected chi connectivity index (χ1v) is 6.62. The third-order valence-electron chi connectivity index (χ3n) is 3.12. The molecular formula is C15H19N2O4. The van der Waals surface area contributed by atoms with E-state index in [0.717, 1.165) is 18.5 Å². The summed E-state index contributed by atoms with van der Waals surface area (Å²) in [4.78, 5) is 18.2. The average Bonchev–Trinajstić information content (AvgIpc) is 2.76. The molecule has 0 aromatic heterocycles. The Hall–Kier alpha value is -2.34. The van der Waals surface area contributed by atoms with Crippen molar-refractivity contribution in [3.63, 3.8) is 0 Å². The Morgan fingerprint density at radius 3 is 2.33 bits per heavy atom. The van der Waals surface area contributed by atoms with Crippen LogP contribution in [-0.4, -0.2) is 28.7 Å². The molecule has 1 radical (unpaired) electrons. The summed E-state index contributed by atoms with van der Waals surface area (Å²) in [5, 5.41) is 19.4. The number of carboxylic acid groups (broad SMARTS) is 2. The summed E-state index contributed by atoms with van der Waals surface area (Å²) in [6, 6.07) is 6.42. The minimum Gasteiger partial charge on any atom is -0.473 e. The van der Waals surface area contributed by atoms with Gasteiger partial charge in [-0.1, -0.05) is 25.1 Å². The van der Waals surface area contributed by atoms with Gasteiger partial charge in [-0.15, -0.1) is 0 Å². The standard InChI is InChI=1S/C13H17N2.C2H2O4/c1-3-10-5-4-6-12-11(7-8-14)9(2)15-13(10)12;3-1(4)2(5)6/h4-6H,3,7-8,14H2,1-2H3;(H,3,4)(H,5,6). The molecule has 0 atom stereocenters. The molecule has 0 amide bonds. The predicted octanol–water partition coefficient (Wildman–Crippen LogP) is 1.73. The van der Waals surface area contributed by atoms with Crippen LogP contribution in [0.2, 0.25) is 0 Å². The molecule has 0 saturated carbocycles. The lowest BCUT2D eigenvalue weighted by molar-refractivity contribution is -0.159. The van der Waals surface area contributed by atoms with Crippen LogP contribution in [0.1, 0.15) is 31.4 Å². The molecule has 1 aliphatic rings. The Bertz CT molecular complexity index is 567. The molecule has 0 saturated heterocycles. The highest BCUT2D eigenvalue weighted by molar-refractivity contribution is 6.27. The summed E-state index contributed by atoms with van der Waals surface area (Å²) in [7, 11) is 0. The van der Waals surface area contributed by atoms with Crippen molar-refractivity contribution in [2.24, 2.45) is 5.73 Å². The first kappa shape index (κ1) is 16.7. The third kappa shape index (κ3) is 4.06. The highest BCUT2D eigenvalue weighted by Crippen LogP contribution is 2.38. The van der Waals surface area contributed by atoms with Crippen molar-refractivity contribution in [1.82, 2.24) is 5.32 Å². The van der Waals surface area contributed by atoms with Crippen LogP contribution in [0.3, 0.4) is 0 Å². The van der Waals surface area contributed by atoms with Gasteiger partial charge in [0.05, 0.1) is 5.69 Å². The summed E-state index contributed by atoms with van der Waals surface area (Å²) >= 11 is 0. The molecule has 1 aromatic carbocycles. The maximum Gasteiger partial charge on any atom is 0.414 e. The molecule has 4 N–H and O–H groups in total. The molecule has 2 rings (SSSR count). The summed E-state index contributed by atoms with van der Waals surface area (Å²) in [6.07, 6.45) is 1.96. The summed E-state index contributed by atoms with van der Waals surface area (Å²) in [5.41, 5.74) is 11.9. The molecule has 6 heteroatoms. The largest absolute Gasteiger partial charge is 0.473 e. The number of para-hydroxylation sites is 1. The van der Waals surface area contributed by atoms with Crippen LogP contribution >= 0.6 is 0 Å². The molecule has 1 aromatic rings. The van der Waals surface area contributed by atoms with Crippen molar-refractivity contribution in [2.45, 2.75) is 26.7 Å². The quantitative estimate of drug-likeness (QED) is 0.734. The predicted molar refractivity (Wildman–Crippen MR) is 79.2 cm³/mol. The molecule has 1 aliphatic heterocycles. The van der Waals surface area contributed by atoms with Crippen LogP contribution in [0.15, 0.2) is 23.9 Å². The van der Waals surface area contributed by atoms with Crippen LogP contribution in [-0.2, 0) is 16.0 Å². The summed E-state index contributed by atoms with van der Waals surface area (Å²) in [6.45, 7) is 4.93. The Balaban J connectivity index is 0.000000315. The smallest absolute Gasteiger partial charge is 0.414 e. The van der Waals surface area contributed by atoms with Gasteiger partial charge in [-0.2, -0.15) is 0 Å². The van der Waals surface area contributed by atoms with Crippen LogP contribution in [0.25, 0.3) is 5.57 Å². The van der Waals surface area contributed by atoms with E-state index in [1.165, 1.54) is 22.4 Å². The Labute approximate surface area is 123 Å². The van der Waals surface area contributed by atoms with E-state index in [1.807, 2.05) is 0 Å². The molecule has 21 heavy (non-hydrogen) atoms. The molecule has 113 valence electrons. The summed E-state index contributed by atoms with van der Waals surface area (Å²) in [5.74, 6) is -3.65. The number of fused-ring (bicyclic) bond motifs is 1. The molecule has 1 heterocycles. The highest BCUT2D eigenvalue weighted by Gasteiger charge is 2.21. The van der Waals surface area contributed by atoms with Gasteiger partial charge in [0, 0.05) is 11.3 Å². The van der Waals surface area contributed by atoms with E-state index in [0.29, 0.717) is 6.54 Å². The number of rotatable bonds is 3. The van der Waals surface area contributed by atoms with Crippen LogP contribution in [0.5, 0.6) is 0 Å². The van der Waals surface area contributed by atoms with Gasteiger partial charge >= 0.3 is 11.9 Å². The maximum absolute atomic E-state index is 9.10. The van der Waals surface area contributed by atoms with Crippen LogP contribution < -0.4 is 11.1 Å². The van der Waals surface area contributed by atoms with Gasteiger partial charge in [0.15, 0.2) is 0 Å². The van der Waals surface area contributed by atoms with Gasteiger partial charge in [0.2, 0.25) is 0 Å². The minimum absolute atomic E-state index is 0.692. The van der Waals surface area contributed by atoms with Crippen molar-refractivity contribution in [1.29, 1.82) is 0 Å². The van der Waals surface area contributed by atoms with Crippen molar-refractivity contribution in [3.8, 4) is 0 Å². The maximum atomic E-state index is 9.10. The number of carbonyl (C=O) groups is 2. The lowest BCUT2D eigenvalue weighted by Gasteiger charge is -2.06. The van der Waals surface area contributed by atoms with Crippen LogP contribution in [0, 0.1) is 0 Å². The third-order valence-corrected chi connectivity index (χ3v) is 3.12. The van der Waals surface area contributed by atoms with Crippen molar-refractivity contribution >= 4 is 23.2 Å². The molecule has 0 unspecified atom stereocenters. The summed E-state index contributed by atoms with van der Waals surface area (Å²) < 4.78 is 0. The fraction of sp³-hybridized carbons (Fsp3) is 0.333. The fourth-order valence-electron chi connectivity index (χ4n) is 2.14. The van der Waals surface area contributed by atoms with Gasteiger partial charge in [-0.3, -0.25) is 5.32 Å². The number of nitrogens with two attached hydrogens (primary N) is 1. The number of aryl methyl sites for hydroxylation is 1. The SMILES string of the molecule is CCc1cccc2c1[N]C(C)=C2CCN.O=C(O)C(=O)O. The molecule has 0 aliphatic carbocycles. The Morgan fingerprint density at radius 1 is 1.24 bits per heavy atom. The van der Waals surface area contributed by atoms with E-state index in [-0.39, 0.29) is 0 Å². The molecule has 6 nitrogen and oxygen atoms in total. The first-order valence-electron chi connectivity index (χ1n) is 6.62. The zero-order valence-electron chi connectivity index (χ0n) is 12.1. The zero-order chi connectivity index (χ0) is 16.0. The monoisotopic (exact) mass is 291 g/mol. The number of nitrogens with zero attached hydrogens (tertiary/aromatic N) is 1. The van der Waals surface area contributed by atoms with Crippen molar-refractivity contribution in [2.75, 3.05) is 6.54 Å². The van der Waals surface area contributed by atoms with Crippen LogP contribution in [0.4, 0.5) is 5.69 Å². The zero-order valence-corrected chi connectivity index (χ0v) is 12.1.